The van der Waals surface area contributed by atoms with Crippen LogP contribution in [0.15, 0.2) is 42.1 Å². The Morgan fingerprint density at radius 3 is 2.65 bits per heavy atom. The summed E-state index contributed by atoms with van der Waals surface area (Å²) >= 11 is 0. The molecule has 0 radical (unpaired) electrons. The molecule has 23 heavy (non-hydrogen) atoms. The predicted molar refractivity (Wildman–Crippen MR) is 85.7 cm³/mol. The van der Waals surface area contributed by atoms with Gasteiger partial charge in [-0.25, -0.2) is 8.78 Å². The molecule has 1 aromatic rings. The molecule has 0 heterocycles. The van der Waals surface area contributed by atoms with E-state index in [2.05, 4.69) is 23.1 Å². The van der Waals surface area contributed by atoms with Crippen molar-refractivity contribution >= 4 is 11.6 Å². The van der Waals surface area contributed by atoms with Crippen LogP contribution in [0.2, 0.25) is 0 Å². The van der Waals surface area contributed by atoms with Crippen LogP contribution in [0.3, 0.4) is 0 Å². The molecule has 0 spiro atoms. The van der Waals surface area contributed by atoms with Crippen LogP contribution in [0.25, 0.3) is 0 Å². The quantitative estimate of drug-likeness (QED) is 0.313. The van der Waals surface area contributed by atoms with Gasteiger partial charge in [-0.2, -0.15) is 0 Å². The SMILES string of the molecule is C#CCNC(=C)/C(=C/C(C)=N)C(=O)NCc1ccc(F)c(F)c1. The van der Waals surface area contributed by atoms with Crippen molar-refractivity contribution in [2.75, 3.05) is 6.54 Å². The lowest BCUT2D eigenvalue weighted by molar-refractivity contribution is -0.117. The van der Waals surface area contributed by atoms with Crippen LogP contribution in [0.1, 0.15) is 12.5 Å². The van der Waals surface area contributed by atoms with Gasteiger partial charge >= 0.3 is 0 Å². The van der Waals surface area contributed by atoms with E-state index in [-0.39, 0.29) is 30.1 Å². The molecule has 0 saturated heterocycles. The molecule has 0 bridgehead atoms. The van der Waals surface area contributed by atoms with Crippen molar-refractivity contribution in [2.24, 2.45) is 0 Å². The van der Waals surface area contributed by atoms with Crippen LogP contribution in [-0.2, 0) is 11.3 Å². The van der Waals surface area contributed by atoms with Crippen molar-refractivity contribution in [3.8, 4) is 12.3 Å². The molecule has 6 heteroatoms. The number of carbonyl (C=O) groups excluding carboxylic acids is 1. The summed E-state index contributed by atoms with van der Waals surface area (Å²) in [5.74, 6) is -0.0858. The molecule has 0 saturated carbocycles. The number of hydrogen-bond donors (Lipinski definition) is 3. The standard InChI is InChI=1S/C17H17F2N3O/c1-4-7-21-12(3)14(8-11(2)20)17(23)22-10-13-5-6-15(18)16(19)9-13/h1,5-6,8-9,20-21H,3,7,10H2,2H3,(H,22,23)/b14-8-,20-11?. The lowest BCUT2D eigenvalue weighted by atomic mass is 10.1. The first-order chi connectivity index (χ1) is 10.8. The summed E-state index contributed by atoms with van der Waals surface area (Å²) in [4.78, 5) is 12.2. The summed E-state index contributed by atoms with van der Waals surface area (Å²) in [5, 5.41) is 12.8. The molecule has 1 rings (SSSR count). The van der Waals surface area contributed by atoms with E-state index in [0.29, 0.717) is 5.56 Å². The van der Waals surface area contributed by atoms with Crippen LogP contribution in [0.5, 0.6) is 0 Å². The van der Waals surface area contributed by atoms with Gasteiger partial charge in [0.2, 0.25) is 0 Å². The third-order valence-corrected chi connectivity index (χ3v) is 2.77. The van der Waals surface area contributed by atoms with E-state index in [1.54, 1.807) is 0 Å². The molecule has 120 valence electrons. The van der Waals surface area contributed by atoms with Crippen LogP contribution >= 0.6 is 0 Å². The van der Waals surface area contributed by atoms with E-state index in [0.717, 1.165) is 12.1 Å². The van der Waals surface area contributed by atoms with E-state index in [1.807, 2.05) is 0 Å². The van der Waals surface area contributed by atoms with E-state index in [4.69, 9.17) is 11.8 Å². The first-order valence-electron chi connectivity index (χ1n) is 6.70. The highest BCUT2D eigenvalue weighted by Gasteiger charge is 2.13. The molecule has 1 amide bonds. The Morgan fingerprint density at radius 1 is 1.39 bits per heavy atom. The zero-order valence-corrected chi connectivity index (χ0v) is 12.7. The number of terminal acetylenes is 1. The number of allylic oxidation sites excluding steroid dienone is 1. The average Bonchev–Trinajstić information content (AvgIpc) is 2.50. The third-order valence-electron chi connectivity index (χ3n) is 2.77. The van der Waals surface area contributed by atoms with Gasteiger partial charge in [-0.3, -0.25) is 4.79 Å². The number of nitrogens with one attached hydrogen (secondary N) is 3. The van der Waals surface area contributed by atoms with E-state index >= 15 is 0 Å². The zero-order chi connectivity index (χ0) is 17.4. The molecular formula is C17H17F2N3O. The van der Waals surface area contributed by atoms with Gasteiger partial charge in [0.15, 0.2) is 11.6 Å². The first-order valence-corrected chi connectivity index (χ1v) is 6.70. The van der Waals surface area contributed by atoms with Crippen molar-refractivity contribution < 1.29 is 13.6 Å². The van der Waals surface area contributed by atoms with Gasteiger partial charge in [-0.05, 0) is 30.7 Å². The maximum absolute atomic E-state index is 13.1. The first kappa shape index (κ1) is 18.1. The van der Waals surface area contributed by atoms with Crippen LogP contribution in [-0.4, -0.2) is 18.2 Å². The molecule has 0 aliphatic heterocycles. The maximum Gasteiger partial charge on any atom is 0.253 e. The molecule has 4 nitrogen and oxygen atoms in total. The molecule has 3 N–H and O–H groups in total. The monoisotopic (exact) mass is 317 g/mol. The number of rotatable bonds is 7. The number of benzene rings is 1. The minimum Gasteiger partial charge on any atom is -0.374 e. The predicted octanol–water partition coefficient (Wildman–Crippen LogP) is 2.28. The van der Waals surface area contributed by atoms with E-state index in [9.17, 15) is 13.6 Å². The van der Waals surface area contributed by atoms with E-state index in [1.165, 1.54) is 19.1 Å². The molecular weight excluding hydrogens is 300 g/mol. The van der Waals surface area contributed by atoms with Gasteiger partial charge < -0.3 is 16.0 Å². The van der Waals surface area contributed by atoms with Gasteiger partial charge in [-0.15, -0.1) is 6.42 Å². The lowest BCUT2D eigenvalue weighted by Crippen LogP contribution is -2.29. The summed E-state index contributed by atoms with van der Waals surface area (Å²) in [7, 11) is 0. The maximum atomic E-state index is 13.1. The smallest absolute Gasteiger partial charge is 0.253 e. The number of halogens is 2. The second-order valence-corrected chi connectivity index (χ2v) is 4.71. The summed E-state index contributed by atoms with van der Waals surface area (Å²) < 4.78 is 26.0. The number of hydrogen-bond acceptors (Lipinski definition) is 3. The molecule has 1 aromatic carbocycles. The Balaban J connectivity index is 2.81. The Bertz CT molecular complexity index is 702. The van der Waals surface area contributed by atoms with Gasteiger partial charge in [0, 0.05) is 18.0 Å². The van der Waals surface area contributed by atoms with Crippen molar-refractivity contribution in [1.29, 1.82) is 5.41 Å². The van der Waals surface area contributed by atoms with Crippen LogP contribution in [0.4, 0.5) is 8.78 Å². The Kier molecular flexibility index (Phi) is 6.68. The second kappa shape index (κ2) is 8.49. The molecule has 0 aliphatic carbocycles. The fraction of sp³-hybridized carbons (Fsp3) is 0.176. The minimum atomic E-state index is -0.983. The fourth-order valence-electron chi connectivity index (χ4n) is 1.69. The van der Waals surface area contributed by atoms with Crippen molar-refractivity contribution in [3.05, 3.63) is 59.3 Å². The summed E-state index contributed by atoms with van der Waals surface area (Å²) in [6, 6.07) is 3.37. The third kappa shape index (κ3) is 5.75. The normalized spacial score (nSPS) is 10.6. The van der Waals surface area contributed by atoms with Crippen LogP contribution in [0, 0.1) is 29.4 Å². The van der Waals surface area contributed by atoms with Gasteiger partial charge in [-0.1, -0.05) is 18.6 Å². The second-order valence-electron chi connectivity index (χ2n) is 4.71. The Hall–Kier alpha value is -2.94. The van der Waals surface area contributed by atoms with Crippen molar-refractivity contribution in [2.45, 2.75) is 13.5 Å². The molecule has 0 fully saturated rings. The highest BCUT2D eigenvalue weighted by Crippen LogP contribution is 2.10. The van der Waals surface area contributed by atoms with Crippen molar-refractivity contribution in [1.82, 2.24) is 10.6 Å². The summed E-state index contributed by atoms with van der Waals surface area (Å²) in [6.07, 6.45) is 6.47. The number of carbonyl (C=O) groups is 1. The highest BCUT2D eigenvalue weighted by molar-refractivity contribution is 6.04. The average molecular weight is 317 g/mol. The largest absolute Gasteiger partial charge is 0.374 e. The highest BCUT2D eigenvalue weighted by atomic mass is 19.2. The molecule has 0 aromatic heterocycles. The zero-order valence-electron chi connectivity index (χ0n) is 12.7. The lowest BCUT2D eigenvalue weighted by Gasteiger charge is -2.12. The Morgan fingerprint density at radius 2 is 2.09 bits per heavy atom. The molecule has 0 unspecified atom stereocenters. The van der Waals surface area contributed by atoms with Gasteiger partial charge in [0.05, 0.1) is 12.1 Å². The van der Waals surface area contributed by atoms with E-state index < -0.39 is 17.5 Å². The topological polar surface area (TPSA) is 65.0 Å². The minimum absolute atomic E-state index is 0.00679. The Labute approximate surface area is 133 Å². The van der Waals surface area contributed by atoms with Gasteiger partial charge in [0.1, 0.15) is 0 Å². The summed E-state index contributed by atoms with van der Waals surface area (Å²) in [5.41, 5.74) is 0.990. The molecule has 0 aliphatic rings. The van der Waals surface area contributed by atoms with Crippen molar-refractivity contribution in [3.63, 3.8) is 0 Å². The fourth-order valence-corrected chi connectivity index (χ4v) is 1.69. The number of amides is 1. The summed E-state index contributed by atoms with van der Waals surface area (Å²) in [6.45, 7) is 5.41. The molecule has 0 atom stereocenters. The van der Waals surface area contributed by atoms with Crippen LogP contribution < -0.4 is 10.6 Å². The van der Waals surface area contributed by atoms with Gasteiger partial charge in [0.25, 0.3) is 5.91 Å².